The molecule has 3 N–H and O–H groups in total. The molecule has 0 saturated heterocycles. The van der Waals surface area contributed by atoms with Crippen molar-refractivity contribution in [2.45, 2.75) is 32.1 Å². The summed E-state index contributed by atoms with van der Waals surface area (Å²) in [5, 5.41) is 8.08. The summed E-state index contributed by atoms with van der Waals surface area (Å²) in [5.41, 5.74) is 1.37. The zero-order valence-electron chi connectivity index (χ0n) is 17.3. The maximum Gasteiger partial charge on any atom is 0.319 e. The molecule has 3 amide bonds. The number of nitrogens with one attached hydrogen (secondary N) is 3. The first kappa shape index (κ1) is 23.4. The van der Waals surface area contributed by atoms with Crippen LogP contribution >= 0.6 is 0 Å². The number of sulfone groups is 1. The molecular formula is C22H29N3O4S. The van der Waals surface area contributed by atoms with Gasteiger partial charge in [-0.25, -0.2) is 13.2 Å². The maximum atomic E-state index is 12.5. The molecule has 0 heterocycles. The maximum absolute atomic E-state index is 12.5. The van der Waals surface area contributed by atoms with Crippen molar-refractivity contribution in [1.29, 1.82) is 0 Å². The first-order valence-corrected chi connectivity index (χ1v) is 11.7. The van der Waals surface area contributed by atoms with Crippen LogP contribution in [0.25, 0.3) is 0 Å². The smallest absolute Gasteiger partial charge is 0.319 e. The van der Waals surface area contributed by atoms with E-state index in [0.717, 1.165) is 5.56 Å². The molecule has 0 saturated carbocycles. The third-order valence-corrected chi connectivity index (χ3v) is 6.11. The largest absolute Gasteiger partial charge is 0.354 e. The topological polar surface area (TPSA) is 104 Å². The van der Waals surface area contributed by atoms with E-state index in [1.165, 1.54) is 0 Å². The number of hydrogen-bond donors (Lipinski definition) is 3. The fraction of sp³-hybridized carbons (Fsp3) is 0.364. The third-order valence-electron chi connectivity index (χ3n) is 4.43. The van der Waals surface area contributed by atoms with Crippen LogP contribution in [-0.4, -0.2) is 38.7 Å². The monoisotopic (exact) mass is 431 g/mol. The molecule has 0 spiro atoms. The highest BCUT2D eigenvalue weighted by atomic mass is 32.2. The minimum absolute atomic E-state index is 0.0163. The van der Waals surface area contributed by atoms with Crippen LogP contribution < -0.4 is 16.0 Å². The van der Waals surface area contributed by atoms with E-state index in [-0.39, 0.29) is 29.9 Å². The van der Waals surface area contributed by atoms with Crippen molar-refractivity contribution < 1.29 is 18.0 Å². The van der Waals surface area contributed by atoms with Crippen molar-refractivity contribution in [3.63, 3.8) is 0 Å². The second-order valence-corrected chi connectivity index (χ2v) is 9.59. The molecule has 2 rings (SSSR count). The van der Waals surface area contributed by atoms with Gasteiger partial charge in [0.15, 0.2) is 9.84 Å². The van der Waals surface area contributed by atoms with Crippen LogP contribution in [0.4, 0.5) is 10.5 Å². The lowest BCUT2D eigenvalue weighted by molar-refractivity contribution is -0.123. The molecule has 8 heteroatoms. The molecule has 0 radical (unpaired) electrons. The van der Waals surface area contributed by atoms with Crippen molar-refractivity contribution in [3.05, 3.63) is 66.2 Å². The molecule has 0 fully saturated rings. The summed E-state index contributed by atoms with van der Waals surface area (Å²) < 4.78 is 24.5. The van der Waals surface area contributed by atoms with Gasteiger partial charge in [-0.05, 0) is 30.0 Å². The molecule has 0 aliphatic rings. The predicted octanol–water partition coefficient (Wildman–Crippen LogP) is 2.95. The molecule has 0 aliphatic heterocycles. The van der Waals surface area contributed by atoms with Gasteiger partial charge in [0.05, 0.1) is 11.5 Å². The van der Waals surface area contributed by atoms with Crippen molar-refractivity contribution in [1.82, 2.24) is 10.6 Å². The van der Waals surface area contributed by atoms with Gasteiger partial charge in [-0.1, -0.05) is 62.4 Å². The Morgan fingerprint density at radius 3 is 2.13 bits per heavy atom. The van der Waals surface area contributed by atoms with Crippen LogP contribution in [0.5, 0.6) is 0 Å². The highest BCUT2D eigenvalue weighted by molar-refractivity contribution is 7.90. The Kier molecular flexibility index (Phi) is 8.86. The average molecular weight is 432 g/mol. The van der Waals surface area contributed by atoms with E-state index in [1.54, 1.807) is 48.5 Å². The quantitative estimate of drug-likeness (QED) is 0.503. The number of carbonyl (C=O) groups excluding carboxylic acids is 2. The molecule has 7 nitrogen and oxygen atoms in total. The number of para-hydroxylation sites is 1. The van der Waals surface area contributed by atoms with Crippen LogP contribution in [0.15, 0.2) is 60.7 Å². The first-order chi connectivity index (χ1) is 14.3. The van der Waals surface area contributed by atoms with Crippen LogP contribution in [0.3, 0.4) is 0 Å². The fourth-order valence-electron chi connectivity index (χ4n) is 2.88. The first-order valence-electron chi connectivity index (χ1n) is 9.91. The highest BCUT2D eigenvalue weighted by Crippen LogP contribution is 2.08. The molecule has 1 atom stereocenters. The SMILES string of the molecule is CC(C)C(NC(=O)Nc1ccccc1)C(=O)NCCCS(=O)(=O)Cc1ccccc1. The highest BCUT2D eigenvalue weighted by Gasteiger charge is 2.24. The summed E-state index contributed by atoms with van der Waals surface area (Å²) in [4.78, 5) is 24.7. The Labute approximate surface area is 178 Å². The zero-order valence-corrected chi connectivity index (χ0v) is 18.1. The van der Waals surface area contributed by atoms with Crippen molar-refractivity contribution in [3.8, 4) is 0 Å². The predicted molar refractivity (Wildman–Crippen MR) is 119 cm³/mol. The molecular weight excluding hydrogens is 402 g/mol. The van der Waals surface area contributed by atoms with Crippen LogP contribution in [0.1, 0.15) is 25.8 Å². The zero-order chi connectivity index (χ0) is 22.0. The molecule has 2 aromatic carbocycles. The second-order valence-electron chi connectivity index (χ2n) is 7.41. The van der Waals surface area contributed by atoms with Gasteiger partial charge in [-0.2, -0.15) is 0 Å². The minimum Gasteiger partial charge on any atom is -0.354 e. The Morgan fingerprint density at radius 1 is 0.933 bits per heavy atom. The van der Waals surface area contributed by atoms with E-state index in [0.29, 0.717) is 12.1 Å². The number of benzene rings is 2. The van der Waals surface area contributed by atoms with Gasteiger partial charge in [-0.3, -0.25) is 4.79 Å². The molecule has 0 aliphatic carbocycles. The summed E-state index contributed by atoms with van der Waals surface area (Å²) in [6.45, 7) is 3.88. The van der Waals surface area contributed by atoms with Gasteiger partial charge in [0.25, 0.3) is 0 Å². The molecule has 0 bridgehead atoms. The van der Waals surface area contributed by atoms with Gasteiger partial charge in [-0.15, -0.1) is 0 Å². The summed E-state index contributed by atoms with van der Waals surface area (Å²) in [6.07, 6.45) is 0.307. The van der Waals surface area contributed by atoms with E-state index in [1.807, 2.05) is 26.0 Å². The van der Waals surface area contributed by atoms with Crippen LogP contribution in [0, 0.1) is 5.92 Å². The molecule has 0 aromatic heterocycles. The number of carbonyl (C=O) groups is 2. The number of hydrogen-bond acceptors (Lipinski definition) is 4. The van der Waals surface area contributed by atoms with Crippen LogP contribution in [0.2, 0.25) is 0 Å². The lowest BCUT2D eigenvalue weighted by Crippen LogP contribution is -2.51. The third kappa shape index (κ3) is 8.24. The van der Waals surface area contributed by atoms with Gasteiger partial charge in [0, 0.05) is 12.2 Å². The van der Waals surface area contributed by atoms with Gasteiger partial charge < -0.3 is 16.0 Å². The number of urea groups is 1. The van der Waals surface area contributed by atoms with Gasteiger partial charge in [0.2, 0.25) is 5.91 Å². The van der Waals surface area contributed by atoms with Gasteiger partial charge >= 0.3 is 6.03 Å². The summed E-state index contributed by atoms with van der Waals surface area (Å²) in [7, 11) is -3.25. The van der Waals surface area contributed by atoms with Gasteiger partial charge in [0.1, 0.15) is 6.04 Å². The van der Waals surface area contributed by atoms with E-state index >= 15 is 0 Å². The molecule has 2 aromatic rings. The molecule has 162 valence electrons. The Hall–Kier alpha value is -2.87. The second kappa shape index (κ2) is 11.3. The summed E-state index contributed by atoms with van der Waals surface area (Å²) >= 11 is 0. The normalized spacial score (nSPS) is 12.2. The lowest BCUT2D eigenvalue weighted by Gasteiger charge is -2.22. The Morgan fingerprint density at radius 2 is 1.53 bits per heavy atom. The average Bonchev–Trinajstić information content (AvgIpc) is 2.70. The fourth-order valence-corrected chi connectivity index (χ4v) is 4.31. The van der Waals surface area contributed by atoms with Crippen molar-refractivity contribution >= 4 is 27.5 Å². The lowest BCUT2D eigenvalue weighted by atomic mass is 10.0. The van der Waals surface area contributed by atoms with E-state index < -0.39 is 21.9 Å². The molecule has 1 unspecified atom stereocenters. The summed E-state index contributed by atoms with van der Waals surface area (Å²) in [5.74, 6) is -0.504. The number of anilines is 1. The minimum atomic E-state index is -3.25. The van der Waals surface area contributed by atoms with Crippen molar-refractivity contribution in [2.24, 2.45) is 5.92 Å². The number of amides is 3. The van der Waals surface area contributed by atoms with Crippen LogP contribution in [-0.2, 0) is 20.4 Å². The number of rotatable bonds is 10. The van der Waals surface area contributed by atoms with Crippen molar-refractivity contribution in [2.75, 3.05) is 17.6 Å². The van der Waals surface area contributed by atoms with E-state index in [9.17, 15) is 18.0 Å². The Bertz CT molecular complexity index is 916. The van der Waals surface area contributed by atoms with E-state index in [4.69, 9.17) is 0 Å². The van der Waals surface area contributed by atoms with E-state index in [2.05, 4.69) is 16.0 Å². The molecule has 30 heavy (non-hydrogen) atoms. The Balaban J connectivity index is 1.78. The summed E-state index contributed by atoms with van der Waals surface area (Å²) in [6, 6.07) is 16.7. The standard InChI is InChI=1S/C22H29N3O4S/c1-17(2)20(25-22(27)24-19-12-7-4-8-13-19)21(26)23-14-9-15-30(28,29)16-18-10-5-3-6-11-18/h3-8,10-13,17,20H,9,14-16H2,1-2H3,(H,23,26)(H2,24,25,27).